The fourth-order valence-corrected chi connectivity index (χ4v) is 3.52. The summed E-state index contributed by atoms with van der Waals surface area (Å²) in [6.45, 7) is 5.66. The number of carboxylic acid groups (broad SMARTS) is 1. The van der Waals surface area contributed by atoms with Crippen molar-refractivity contribution < 1.29 is 19.4 Å². The number of aliphatic carboxylic acids is 1. The Labute approximate surface area is 111 Å². The van der Waals surface area contributed by atoms with Crippen molar-refractivity contribution in [1.29, 1.82) is 0 Å². The second-order valence-electron chi connectivity index (χ2n) is 5.40. The maximum atomic E-state index is 12.3. The third kappa shape index (κ3) is 2.98. The van der Waals surface area contributed by atoms with Gasteiger partial charge in [0.1, 0.15) is 6.10 Å². The number of nitrogens with zero attached hydrogens (tertiary/aromatic N) is 1. The number of thioether (sulfide) groups is 1. The van der Waals surface area contributed by atoms with E-state index in [4.69, 9.17) is 9.84 Å². The summed E-state index contributed by atoms with van der Waals surface area (Å²) in [5.74, 6) is -0.0969. The predicted octanol–water partition coefficient (Wildman–Crippen LogP) is 0.973. The van der Waals surface area contributed by atoms with Crippen LogP contribution < -0.4 is 0 Å². The van der Waals surface area contributed by atoms with Crippen LogP contribution in [-0.2, 0) is 14.3 Å². The number of carbonyl (C=O) groups is 2. The first-order valence-corrected chi connectivity index (χ1v) is 7.19. The Morgan fingerprint density at radius 3 is 2.56 bits per heavy atom. The molecule has 0 bridgehead atoms. The van der Waals surface area contributed by atoms with Gasteiger partial charge in [-0.3, -0.25) is 4.79 Å². The molecule has 0 saturated carbocycles. The Hall–Kier alpha value is -0.750. The molecule has 2 aliphatic rings. The standard InChI is InChI=1S/C12H19NO4S/c1-12(2)7-13(5-6-18-12)10(14)8-3-4-9(17-8)11(15)16/h8-9H,3-7H2,1-2H3,(H,15,16). The largest absolute Gasteiger partial charge is 0.479 e. The first-order chi connectivity index (χ1) is 8.39. The zero-order valence-corrected chi connectivity index (χ0v) is 11.5. The Morgan fingerprint density at radius 2 is 2.00 bits per heavy atom. The van der Waals surface area contributed by atoms with Crippen molar-refractivity contribution in [2.75, 3.05) is 18.8 Å². The average Bonchev–Trinajstić information content (AvgIpc) is 2.76. The third-order valence-corrected chi connectivity index (χ3v) is 4.61. The molecule has 2 saturated heterocycles. The minimum Gasteiger partial charge on any atom is -0.479 e. The fraction of sp³-hybridized carbons (Fsp3) is 0.833. The van der Waals surface area contributed by atoms with E-state index in [0.717, 1.165) is 12.3 Å². The van der Waals surface area contributed by atoms with Crippen LogP contribution in [0.4, 0.5) is 0 Å². The van der Waals surface area contributed by atoms with Gasteiger partial charge in [-0.1, -0.05) is 0 Å². The molecular weight excluding hydrogens is 254 g/mol. The van der Waals surface area contributed by atoms with Crippen LogP contribution in [0.15, 0.2) is 0 Å². The lowest BCUT2D eigenvalue weighted by Crippen LogP contribution is -2.49. The number of hydrogen-bond acceptors (Lipinski definition) is 4. The highest BCUT2D eigenvalue weighted by Crippen LogP contribution is 2.31. The molecule has 0 spiro atoms. The number of carbonyl (C=O) groups excluding carboxylic acids is 1. The SMILES string of the molecule is CC1(C)CN(C(=O)C2CCC(C(=O)O)O2)CCS1. The summed E-state index contributed by atoms with van der Waals surface area (Å²) in [7, 11) is 0. The summed E-state index contributed by atoms with van der Waals surface area (Å²) < 4.78 is 5.38. The Kier molecular flexibility index (Phi) is 3.87. The molecule has 2 unspecified atom stereocenters. The lowest BCUT2D eigenvalue weighted by molar-refractivity contribution is -0.154. The van der Waals surface area contributed by atoms with Crippen molar-refractivity contribution in [2.45, 2.75) is 43.6 Å². The molecule has 18 heavy (non-hydrogen) atoms. The summed E-state index contributed by atoms with van der Waals surface area (Å²) in [5.41, 5.74) is 0. The Bertz CT molecular complexity index is 358. The van der Waals surface area contributed by atoms with Crippen LogP contribution in [0.3, 0.4) is 0 Å². The van der Waals surface area contributed by atoms with E-state index in [2.05, 4.69) is 13.8 Å². The first kappa shape index (κ1) is 13.7. The van der Waals surface area contributed by atoms with E-state index in [1.54, 1.807) is 0 Å². The van der Waals surface area contributed by atoms with Gasteiger partial charge in [0.05, 0.1) is 0 Å². The molecule has 2 atom stereocenters. The number of amides is 1. The molecule has 0 aromatic carbocycles. The molecule has 0 radical (unpaired) electrons. The van der Waals surface area contributed by atoms with Gasteiger partial charge in [0.25, 0.3) is 5.91 Å². The zero-order valence-electron chi connectivity index (χ0n) is 10.7. The average molecular weight is 273 g/mol. The molecule has 0 aromatic heterocycles. The highest BCUT2D eigenvalue weighted by Gasteiger charge is 2.39. The second kappa shape index (κ2) is 5.09. The van der Waals surface area contributed by atoms with Gasteiger partial charge >= 0.3 is 5.97 Å². The zero-order chi connectivity index (χ0) is 13.3. The lowest BCUT2D eigenvalue weighted by Gasteiger charge is -2.38. The van der Waals surface area contributed by atoms with Gasteiger partial charge in [-0.05, 0) is 26.7 Å². The topological polar surface area (TPSA) is 66.8 Å². The molecule has 0 aliphatic carbocycles. The summed E-state index contributed by atoms with van der Waals surface area (Å²) >= 11 is 1.86. The van der Waals surface area contributed by atoms with Gasteiger partial charge in [0, 0.05) is 23.6 Å². The molecule has 1 N–H and O–H groups in total. The fourth-order valence-electron chi connectivity index (χ4n) is 2.41. The van der Waals surface area contributed by atoms with Crippen LogP contribution in [0.25, 0.3) is 0 Å². The number of ether oxygens (including phenoxy) is 1. The van der Waals surface area contributed by atoms with Crippen molar-refractivity contribution in [2.24, 2.45) is 0 Å². The summed E-state index contributed by atoms with van der Waals surface area (Å²) in [6.07, 6.45) is -0.437. The van der Waals surface area contributed by atoms with Crippen LogP contribution in [0.2, 0.25) is 0 Å². The van der Waals surface area contributed by atoms with Crippen molar-refractivity contribution in [1.82, 2.24) is 4.90 Å². The van der Waals surface area contributed by atoms with E-state index < -0.39 is 18.2 Å². The molecule has 2 rings (SSSR count). The Morgan fingerprint density at radius 1 is 1.33 bits per heavy atom. The number of carboxylic acids is 1. The summed E-state index contributed by atoms with van der Waals surface area (Å²) in [6, 6.07) is 0. The molecule has 0 aromatic rings. The maximum absolute atomic E-state index is 12.3. The van der Waals surface area contributed by atoms with Gasteiger partial charge < -0.3 is 14.7 Å². The Balaban J connectivity index is 1.94. The van der Waals surface area contributed by atoms with Crippen molar-refractivity contribution in [3.63, 3.8) is 0 Å². The highest BCUT2D eigenvalue weighted by atomic mass is 32.2. The maximum Gasteiger partial charge on any atom is 0.332 e. The smallest absolute Gasteiger partial charge is 0.332 e. The lowest BCUT2D eigenvalue weighted by atomic mass is 10.1. The van der Waals surface area contributed by atoms with E-state index in [9.17, 15) is 9.59 Å². The van der Waals surface area contributed by atoms with Crippen LogP contribution >= 0.6 is 11.8 Å². The van der Waals surface area contributed by atoms with Crippen molar-refractivity contribution in [3.8, 4) is 0 Å². The van der Waals surface area contributed by atoms with E-state index in [1.807, 2.05) is 16.7 Å². The number of rotatable bonds is 2. The van der Waals surface area contributed by atoms with E-state index in [-0.39, 0.29) is 10.7 Å². The molecule has 6 heteroatoms. The van der Waals surface area contributed by atoms with Gasteiger partial charge in [-0.25, -0.2) is 4.79 Å². The molecule has 1 amide bonds. The summed E-state index contributed by atoms with van der Waals surface area (Å²) in [5, 5.41) is 8.85. The second-order valence-corrected chi connectivity index (χ2v) is 7.20. The van der Waals surface area contributed by atoms with E-state index in [1.165, 1.54) is 0 Å². The highest BCUT2D eigenvalue weighted by molar-refractivity contribution is 8.00. The predicted molar refractivity (Wildman–Crippen MR) is 68.6 cm³/mol. The minimum absolute atomic E-state index is 0.0490. The van der Waals surface area contributed by atoms with Gasteiger partial charge in [0.2, 0.25) is 0 Å². The molecule has 2 fully saturated rings. The minimum atomic E-state index is -0.972. The molecule has 2 aliphatic heterocycles. The monoisotopic (exact) mass is 273 g/mol. The number of hydrogen-bond donors (Lipinski definition) is 1. The van der Waals surface area contributed by atoms with E-state index in [0.29, 0.717) is 19.4 Å². The van der Waals surface area contributed by atoms with Crippen molar-refractivity contribution >= 4 is 23.6 Å². The first-order valence-electron chi connectivity index (χ1n) is 6.20. The van der Waals surface area contributed by atoms with Crippen LogP contribution in [0.5, 0.6) is 0 Å². The van der Waals surface area contributed by atoms with E-state index >= 15 is 0 Å². The van der Waals surface area contributed by atoms with Gasteiger partial charge in [-0.15, -0.1) is 0 Å². The van der Waals surface area contributed by atoms with Crippen molar-refractivity contribution in [3.05, 3.63) is 0 Å². The quantitative estimate of drug-likeness (QED) is 0.812. The molecule has 102 valence electrons. The molecular formula is C12H19NO4S. The van der Waals surface area contributed by atoms with Crippen LogP contribution in [-0.4, -0.2) is 57.7 Å². The molecule has 5 nitrogen and oxygen atoms in total. The van der Waals surface area contributed by atoms with Gasteiger partial charge in [-0.2, -0.15) is 11.8 Å². The third-order valence-electron chi connectivity index (χ3n) is 3.31. The normalized spacial score (nSPS) is 31.3. The van der Waals surface area contributed by atoms with Crippen LogP contribution in [0.1, 0.15) is 26.7 Å². The molecule has 2 heterocycles. The van der Waals surface area contributed by atoms with Crippen LogP contribution in [0, 0.1) is 0 Å². The van der Waals surface area contributed by atoms with Gasteiger partial charge in [0.15, 0.2) is 6.10 Å². The summed E-state index contributed by atoms with van der Waals surface area (Å²) in [4.78, 5) is 24.9.